The van der Waals surface area contributed by atoms with E-state index >= 15 is 0 Å². The molecule has 1 N–H and O–H groups in total. The molecule has 2 amide bonds. The maximum Gasteiger partial charge on any atom is 0.258 e. The topological polar surface area (TPSA) is 83.6 Å². The highest BCUT2D eigenvalue weighted by Crippen LogP contribution is 2.40. The van der Waals surface area contributed by atoms with Crippen molar-refractivity contribution in [2.75, 3.05) is 22.5 Å². The second-order valence-corrected chi connectivity index (χ2v) is 9.86. The molecule has 1 aliphatic rings. The Morgan fingerprint density at radius 3 is 2.52 bits per heavy atom. The van der Waals surface area contributed by atoms with Gasteiger partial charge in [0.2, 0.25) is 5.91 Å². The third-order valence-electron chi connectivity index (χ3n) is 5.29. The summed E-state index contributed by atoms with van der Waals surface area (Å²) in [6.45, 7) is 2.70. The summed E-state index contributed by atoms with van der Waals surface area (Å²) in [6, 6.07) is 14.6. The van der Waals surface area contributed by atoms with E-state index in [9.17, 15) is 18.0 Å². The molecular weight excluding hydrogens is 436 g/mol. The lowest BCUT2D eigenvalue weighted by molar-refractivity contribution is -0.113. The zero-order valence-corrected chi connectivity index (χ0v) is 18.5. The van der Waals surface area contributed by atoms with E-state index in [-0.39, 0.29) is 10.8 Å². The van der Waals surface area contributed by atoms with Gasteiger partial charge in [0.1, 0.15) is 5.75 Å². The average molecular weight is 457 g/mol. The van der Waals surface area contributed by atoms with Crippen LogP contribution in [0.1, 0.15) is 30.1 Å². The predicted molar refractivity (Wildman–Crippen MR) is 123 cm³/mol. The van der Waals surface area contributed by atoms with E-state index in [1.165, 1.54) is 24.3 Å². The van der Waals surface area contributed by atoms with Crippen LogP contribution in [0.3, 0.4) is 0 Å². The summed E-state index contributed by atoms with van der Waals surface area (Å²) < 4.78 is 25.1. The Bertz CT molecular complexity index is 1290. The molecule has 3 aromatic carbocycles. The molecule has 0 radical (unpaired) electrons. The van der Waals surface area contributed by atoms with Crippen LogP contribution >= 0.6 is 11.6 Å². The first-order valence-electron chi connectivity index (χ1n) is 9.97. The smallest absolute Gasteiger partial charge is 0.258 e. The molecule has 3 aromatic rings. The van der Waals surface area contributed by atoms with Gasteiger partial charge in [-0.1, -0.05) is 37.1 Å². The fraction of sp³-hybridized carbons (Fsp3) is 0.217. The van der Waals surface area contributed by atoms with E-state index < -0.39 is 21.5 Å². The minimum absolute atomic E-state index is 0.0321. The van der Waals surface area contributed by atoms with Gasteiger partial charge in [-0.3, -0.25) is 9.59 Å². The van der Waals surface area contributed by atoms with Gasteiger partial charge < -0.3 is 10.2 Å². The van der Waals surface area contributed by atoms with E-state index in [1.807, 2.05) is 6.07 Å². The Morgan fingerprint density at radius 2 is 1.81 bits per heavy atom. The van der Waals surface area contributed by atoms with Crippen molar-refractivity contribution in [1.29, 1.82) is 0 Å². The summed E-state index contributed by atoms with van der Waals surface area (Å²) in [4.78, 5) is 27.2. The van der Waals surface area contributed by atoms with Crippen molar-refractivity contribution in [3.05, 3.63) is 65.2 Å². The molecule has 1 aliphatic heterocycles. The summed E-state index contributed by atoms with van der Waals surface area (Å²) in [7, 11) is -3.81. The van der Waals surface area contributed by atoms with Crippen LogP contribution < -0.4 is 10.2 Å². The number of halogens is 1. The number of carbonyl (C=O) groups is 2. The van der Waals surface area contributed by atoms with Gasteiger partial charge in [0.05, 0.1) is 10.6 Å². The van der Waals surface area contributed by atoms with Crippen LogP contribution in [0.4, 0.5) is 11.4 Å². The first kappa shape index (κ1) is 21.3. The molecule has 4 rings (SSSR count). The molecule has 160 valence electrons. The first-order valence-corrected chi connectivity index (χ1v) is 12.0. The number of rotatable bonds is 7. The van der Waals surface area contributed by atoms with Crippen molar-refractivity contribution in [3.63, 3.8) is 0 Å². The molecule has 0 spiro atoms. The van der Waals surface area contributed by atoms with E-state index in [0.717, 1.165) is 23.9 Å². The minimum atomic E-state index is -3.81. The lowest BCUT2D eigenvalue weighted by atomic mass is 10.0. The summed E-state index contributed by atoms with van der Waals surface area (Å²) in [5.74, 6) is -1.40. The maximum atomic E-state index is 12.8. The second kappa shape index (κ2) is 8.32. The molecule has 8 heteroatoms. The van der Waals surface area contributed by atoms with Crippen LogP contribution in [0.25, 0.3) is 10.8 Å². The lowest BCUT2D eigenvalue weighted by Gasteiger charge is -2.17. The van der Waals surface area contributed by atoms with Crippen LogP contribution in [-0.4, -0.2) is 32.5 Å². The first-order chi connectivity index (χ1) is 14.8. The molecule has 0 bridgehead atoms. The Balaban J connectivity index is 1.62. The van der Waals surface area contributed by atoms with E-state index in [2.05, 4.69) is 12.2 Å². The fourth-order valence-corrected chi connectivity index (χ4v) is 5.04. The molecule has 1 heterocycles. The number of carbonyl (C=O) groups excluding carboxylic acids is 2. The fourth-order valence-electron chi connectivity index (χ4n) is 3.78. The largest absolute Gasteiger partial charge is 0.325 e. The highest BCUT2D eigenvalue weighted by atomic mass is 35.5. The van der Waals surface area contributed by atoms with E-state index in [4.69, 9.17) is 11.6 Å². The van der Waals surface area contributed by atoms with Crippen molar-refractivity contribution in [1.82, 2.24) is 0 Å². The standard InChI is InChI=1S/C23H21ClN2O4S/c1-2-3-13-26-20-12-11-19(17-5-4-6-18(22(17)20)23(26)28)25-21(27)14-31(29,30)16-9-7-15(24)8-10-16/h4-12H,2-3,13-14H2,1H3,(H,25,27). The SMILES string of the molecule is CCCCN1C(=O)c2cccc3c(NC(=O)CS(=O)(=O)c4ccc(Cl)cc4)ccc1c23. The van der Waals surface area contributed by atoms with Crippen molar-refractivity contribution < 1.29 is 18.0 Å². The predicted octanol–water partition coefficient (Wildman–Crippen LogP) is 4.67. The molecule has 0 saturated carbocycles. The Hall–Kier alpha value is -2.90. The highest BCUT2D eigenvalue weighted by Gasteiger charge is 2.30. The van der Waals surface area contributed by atoms with Gasteiger partial charge in [-0.25, -0.2) is 8.42 Å². The zero-order chi connectivity index (χ0) is 22.2. The molecule has 0 saturated heterocycles. The Morgan fingerprint density at radius 1 is 1.06 bits per heavy atom. The number of sulfone groups is 1. The number of benzene rings is 3. The monoisotopic (exact) mass is 456 g/mol. The molecule has 0 aromatic heterocycles. The normalized spacial score (nSPS) is 13.1. The number of nitrogens with zero attached hydrogens (tertiary/aromatic N) is 1. The van der Waals surface area contributed by atoms with E-state index in [1.54, 1.807) is 29.2 Å². The molecule has 0 aliphatic carbocycles. The van der Waals surface area contributed by atoms with Crippen molar-refractivity contribution in [2.24, 2.45) is 0 Å². The highest BCUT2D eigenvalue weighted by molar-refractivity contribution is 7.92. The molecule has 31 heavy (non-hydrogen) atoms. The number of hydrogen-bond acceptors (Lipinski definition) is 4. The number of unbranched alkanes of at least 4 members (excludes halogenated alkanes) is 1. The van der Waals surface area contributed by atoms with Gasteiger partial charge in [0.15, 0.2) is 9.84 Å². The third kappa shape index (κ3) is 4.03. The molecule has 0 atom stereocenters. The van der Waals surface area contributed by atoms with Crippen LogP contribution in [0.15, 0.2) is 59.5 Å². The molecular formula is C23H21ClN2O4S. The van der Waals surface area contributed by atoms with Crippen LogP contribution in [0, 0.1) is 0 Å². The van der Waals surface area contributed by atoms with Crippen molar-refractivity contribution in [2.45, 2.75) is 24.7 Å². The zero-order valence-electron chi connectivity index (χ0n) is 16.9. The number of amides is 2. The second-order valence-electron chi connectivity index (χ2n) is 7.43. The Kier molecular flexibility index (Phi) is 5.73. The summed E-state index contributed by atoms with van der Waals surface area (Å²) in [5.41, 5.74) is 1.88. The van der Waals surface area contributed by atoms with Crippen LogP contribution in [-0.2, 0) is 14.6 Å². The molecule has 0 unspecified atom stereocenters. The van der Waals surface area contributed by atoms with Gasteiger partial charge in [-0.15, -0.1) is 0 Å². The molecule has 0 fully saturated rings. The maximum absolute atomic E-state index is 12.8. The van der Waals surface area contributed by atoms with E-state index in [0.29, 0.717) is 28.2 Å². The lowest BCUT2D eigenvalue weighted by Crippen LogP contribution is -2.27. The third-order valence-corrected chi connectivity index (χ3v) is 7.17. The minimum Gasteiger partial charge on any atom is -0.325 e. The van der Waals surface area contributed by atoms with Crippen LogP contribution in [0.2, 0.25) is 5.02 Å². The van der Waals surface area contributed by atoms with Gasteiger partial charge in [-0.2, -0.15) is 0 Å². The van der Waals surface area contributed by atoms with Crippen molar-refractivity contribution in [3.8, 4) is 0 Å². The van der Waals surface area contributed by atoms with Gasteiger partial charge >= 0.3 is 0 Å². The Labute approximate surface area is 185 Å². The molecule has 6 nitrogen and oxygen atoms in total. The number of hydrogen-bond donors (Lipinski definition) is 1. The summed E-state index contributed by atoms with van der Waals surface area (Å²) in [6.07, 6.45) is 1.86. The van der Waals surface area contributed by atoms with Gasteiger partial charge in [0, 0.05) is 33.6 Å². The van der Waals surface area contributed by atoms with Gasteiger partial charge in [-0.05, 0) is 48.9 Å². The number of anilines is 2. The van der Waals surface area contributed by atoms with Crippen molar-refractivity contribution >= 4 is 55.4 Å². The summed E-state index contributed by atoms with van der Waals surface area (Å²) in [5, 5.41) is 4.61. The number of nitrogens with one attached hydrogen (secondary N) is 1. The van der Waals surface area contributed by atoms with Gasteiger partial charge in [0.25, 0.3) is 5.91 Å². The quantitative estimate of drug-likeness (QED) is 0.560. The average Bonchev–Trinajstić information content (AvgIpc) is 3.01. The summed E-state index contributed by atoms with van der Waals surface area (Å²) >= 11 is 5.81. The van der Waals surface area contributed by atoms with Crippen LogP contribution in [0.5, 0.6) is 0 Å².